The van der Waals surface area contributed by atoms with Crippen LogP contribution >= 0.6 is 11.3 Å². The maximum Gasteiger partial charge on any atom is 0.329 e. The smallest absolute Gasteiger partial charge is 0.329 e. The predicted molar refractivity (Wildman–Crippen MR) is 71.1 cm³/mol. The number of rotatable bonds is 4. The summed E-state index contributed by atoms with van der Waals surface area (Å²) in [4.78, 5) is 27.3. The summed E-state index contributed by atoms with van der Waals surface area (Å²) in [5, 5.41) is 17.2. The molecule has 19 heavy (non-hydrogen) atoms. The second-order valence-corrected chi connectivity index (χ2v) is 5.73. The van der Waals surface area contributed by atoms with E-state index in [4.69, 9.17) is 0 Å². The number of carboxylic acid groups (broad SMARTS) is 1. The summed E-state index contributed by atoms with van der Waals surface area (Å²) in [6, 6.07) is -0.447. The summed E-state index contributed by atoms with van der Waals surface area (Å²) in [6.45, 7) is 2.21. The van der Waals surface area contributed by atoms with Crippen LogP contribution in [0.15, 0.2) is 5.38 Å². The van der Waals surface area contributed by atoms with Gasteiger partial charge in [-0.25, -0.2) is 14.6 Å². The molecule has 0 saturated heterocycles. The number of carboxylic acids is 1. The van der Waals surface area contributed by atoms with Crippen molar-refractivity contribution in [2.45, 2.75) is 44.7 Å². The molecule has 0 unspecified atom stereocenters. The number of amides is 2. The number of aliphatic carboxylic acids is 1. The third-order valence-electron chi connectivity index (χ3n) is 3.29. The monoisotopic (exact) mass is 283 g/mol. The number of hydrogen-bond acceptors (Lipinski definition) is 4. The van der Waals surface area contributed by atoms with Gasteiger partial charge in [0, 0.05) is 11.1 Å². The van der Waals surface area contributed by atoms with Gasteiger partial charge in [-0.1, -0.05) is 12.8 Å². The fourth-order valence-electron chi connectivity index (χ4n) is 2.27. The number of carbonyl (C=O) groups excluding carboxylic acids is 1. The second kappa shape index (κ2) is 5.56. The van der Waals surface area contributed by atoms with Gasteiger partial charge >= 0.3 is 12.0 Å². The zero-order valence-electron chi connectivity index (χ0n) is 10.7. The summed E-state index contributed by atoms with van der Waals surface area (Å²) in [5.41, 5.74) is -0.178. The van der Waals surface area contributed by atoms with Crippen molar-refractivity contribution in [3.63, 3.8) is 0 Å². The van der Waals surface area contributed by atoms with Gasteiger partial charge in [0.1, 0.15) is 10.5 Å². The molecule has 1 fully saturated rings. The van der Waals surface area contributed by atoms with E-state index in [1.807, 2.05) is 12.3 Å². The van der Waals surface area contributed by atoms with Crippen LogP contribution in [0.4, 0.5) is 4.79 Å². The van der Waals surface area contributed by atoms with Gasteiger partial charge < -0.3 is 15.7 Å². The molecular formula is C12H17N3O3S. The molecule has 2 rings (SSSR count). The van der Waals surface area contributed by atoms with Gasteiger partial charge in [0.2, 0.25) is 0 Å². The summed E-state index contributed by atoms with van der Waals surface area (Å²) in [6.07, 6.45) is 2.65. The van der Waals surface area contributed by atoms with Crippen molar-refractivity contribution in [1.82, 2.24) is 15.6 Å². The normalized spacial score (nSPS) is 17.1. The summed E-state index contributed by atoms with van der Waals surface area (Å²) in [5.74, 6) is -0.953. The zero-order chi connectivity index (χ0) is 13.9. The number of urea groups is 1. The molecular weight excluding hydrogens is 266 g/mol. The first kappa shape index (κ1) is 13.8. The van der Waals surface area contributed by atoms with Crippen molar-refractivity contribution >= 4 is 23.3 Å². The maximum atomic E-state index is 11.8. The first-order valence-electron chi connectivity index (χ1n) is 6.22. The van der Waals surface area contributed by atoms with Gasteiger partial charge in [0.05, 0.1) is 6.54 Å². The minimum absolute atomic E-state index is 0.319. The van der Waals surface area contributed by atoms with Crippen molar-refractivity contribution in [2.75, 3.05) is 0 Å². The third-order valence-corrected chi connectivity index (χ3v) is 4.25. The summed E-state index contributed by atoms with van der Waals surface area (Å²) < 4.78 is 0. The van der Waals surface area contributed by atoms with Crippen LogP contribution in [0, 0.1) is 6.92 Å². The van der Waals surface area contributed by atoms with E-state index in [0.717, 1.165) is 23.5 Å². The molecule has 104 valence electrons. The van der Waals surface area contributed by atoms with E-state index in [2.05, 4.69) is 15.6 Å². The Morgan fingerprint density at radius 2 is 2.16 bits per heavy atom. The molecule has 1 heterocycles. The topological polar surface area (TPSA) is 91.3 Å². The van der Waals surface area contributed by atoms with Crippen molar-refractivity contribution in [3.05, 3.63) is 16.1 Å². The van der Waals surface area contributed by atoms with Crippen molar-refractivity contribution in [2.24, 2.45) is 0 Å². The van der Waals surface area contributed by atoms with Crippen molar-refractivity contribution < 1.29 is 14.7 Å². The Morgan fingerprint density at radius 3 is 2.68 bits per heavy atom. The Morgan fingerprint density at radius 1 is 1.47 bits per heavy atom. The van der Waals surface area contributed by atoms with Crippen LogP contribution in [0.2, 0.25) is 0 Å². The van der Waals surface area contributed by atoms with Crippen molar-refractivity contribution in [3.8, 4) is 0 Å². The molecule has 1 aromatic heterocycles. The van der Waals surface area contributed by atoms with Crippen LogP contribution in [0.3, 0.4) is 0 Å². The number of aromatic nitrogens is 1. The Bertz CT molecular complexity index is 480. The highest BCUT2D eigenvalue weighted by Gasteiger charge is 2.42. The Labute approximate surface area is 115 Å². The maximum absolute atomic E-state index is 11.8. The SMILES string of the molecule is Cc1csc(CNC(=O)NC2(C(=O)O)CCCC2)n1. The highest BCUT2D eigenvalue weighted by atomic mass is 32.1. The van der Waals surface area contributed by atoms with Gasteiger partial charge in [-0.05, 0) is 19.8 Å². The molecule has 0 bridgehead atoms. The lowest BCUT2D eigenvalue weighted by Gasteiger charge is -2.25. The van der Waals surface area contributed by atoms with E-state index in [1.165, 1.54) is 11.3 Å². The second-order valence-electron chi connectivity index (χ2n) is 4.78. The zero-order valence-corrected chi connectivity index (χ0v) is 11.5. The molecule has 1 aliphatic carbocycles. The van der Waals surface area contributed by atoms with Gasteiger partial charge in [-0.2, -0.15) is 0 Å². The average Bonchev–Trinajstić information content (AvgIpc) is 2.97. The van der Waals surface area contributed by atoms with E-state index in [9.17, 15) is 14.7 Å². The summed E-state index contributed by atoms with van der Waals surface area (Å²) in [7, 11) is 0. The molecule has 7 heteroatoms. The van der Waals surface area contributed by atoms with Crippen molar-refractivity contribution in [1.29, 1.82) is 0 Å². The van der Waals surface area contributed by atoms with E-state index in [-0.39, 0.29) is 0 Å². The molecule has 0 spiro atoms. The van der Waals surface area contributed by atoms with E-state index in [1.54, 1.807) is 0 Å². The minimum atomic E-state index is -1.09. The van der Waals surface area contributed by atoms with Crippen LogP contribution in [-0.2, 0) is 11.3 Å². The molecule has 3 N–H and O–H groups in total. The Hall–Kier alpha value is -1.63. The predicted octanol–water partition coefficient (Wildman–Crippen LogP) is 1.65. The number of aryl methyl sites for hydroxylation is 1. The van der Waals surface area contributed by atoms with Gasteiger partial charge in [0.25, 0.3) is 0 Å². The molecule has 1 aliphatic rings. The fraction of sp³-hybridized carbons (Fsp3) is 0.583. The van der Waals surface area contributed by atoms with Crippen LogP contribution in [0.25, 0.3) is 0 Å². The lowest BCUT2D eigenvalue weighted by Crippen LogP contribution is -2.55. The molecule has 0 aromatic carbocycles. The number of hydrogen-bond donors (Lipinski definition) is 3. The lowest BCUT2D eigenvalue weighted by molar-refractivity contribution is -0.144. The number of nitrogens with one attached hydrogen (secondary N) is 2. The van der Waals surface area contributed by atoms with Gasteiger partial charge in [-0.3, -0.25) is 0 Å². The molecule has 1 saturated carbocycles. The molecule has 0 atom stereocenters. The average molecular weight is 283 g/mol. The molecule has 1 aromatic rings. The Kier molecular flexibility index (Phi) is 4.04. The Balaban J connectivity index is 1.88. The first-order chi connectivity index (χ1) is 9.02. The van der Waals surface area contributed by atoms with Crippen LogP contribution in [0.5, 0.6) is 0 Å². The molecule has 6 nitrogen and oxygen atoms in total. The lowest BCUT2D eigenvalue weighted by atomic mass is 9.98. The minimum Gasteiger partial charge on any atom is -0.480 e. The quantitative estimate of drug-likeness (QED) is 0.783. The number of nitrogens with zero attached hydrogens (tertiary/aromatic N) is 1. The fourth-order valence-corrected chi connectivity index (χ4v) is 2.98. The summed E-state index contributed by atoms with van der Waals surface area (Å²) >= 11 is 1.47. The highest BCUT2D eigenvalue weighted by molar-refractivity contribution is 7.09. The van der Waals surface area contributed by atoms with E-state index in [0.29, 0.717) is 19.4 Å². The molecule has 2 amide bonds. The van der Waals surface area contributed by atoms with Crippen LogP contribution in [0.1, 0.15) is 36.4 Å². The van der Waals surface area contributed by atoms with E-state index >= 15 is 0 Å². The third kappa shape index (κ3) is 3.23. The van der Waals surface area contributed by atoms with Gasteiger partial charge in [0.15, 0.2) is 0 Å². The first-order valence-corrected chi connectivity index (χ1v) is 7.10. The number of thiazole rings is 1. The standard InChI is InChI=1S/C12H17N3O3S/c1-8-7-19-9(14-8)6-13-11(18)15-12(10(16)17)4-2-3-5-12/h7H,2-6H2,1H3,(H,16,17)(H2,13,15,18). The molecule has 0 aliphatic heterocycles. The van der Waals surface area contributed by atoms with E-state index < -0.39 is 17.5 Å². The highest BCUT2D eigenvalue weighted by Crippen LogP contribution is 2.29. The van der Waals surface area contributed by atoms with Crippen LogP contribution < -0.4 is 10.6 Å². The largest absolute Gasteiger partial charge is 0.480 e. The number of carbonyl (C=O) groups is 2. The molecule has 0 radical (unpaired) electrons. The van der Waals surface area contributed by atoms with Gasteiger partial charge in [-0.15, -0.1) is 11.3 Å². The van der Waals surface area contributed by atoms with Crippen LogP contribution in [-0.4, -0.2) is 27.6 Å².